The summed E-state index contributed by atoms with van der Waals surface area (Å²) in [5.74, 6) is -0.342. The molecule has 0 fully saturated rings. The molecule has 11 heteroatoms. The van der Waals surface area contributed by atoms with Crippen LogP contribution in [0.4, 0.5) is 11.4 Å². The SMILES string of the molecule is COC(=O)c1nc(-c2ccc3c(OC)c(OC)cc(NC(C)=O)c3n2)c([N+](=O)[O-])cc1C. The van der Waals surface area contributed by atoms with Crippen LogP contribution in [0.2, 0.25) is 0 Å². The average molecular weight is 440 g/mol. The van der Waals surface area contributed by atoms with Gasteiger partial charge in [-0.1, -0.05) is 0 Å². The first-order chi connectivity index (χ1) is 15.2. The number of esters is 1. The lowest BCUT2D eigenvalue weighted by Gasteiger charge is -2.15. The quantitative estimate of drug-likeness (QED) is 0.347. The van der Waals surface area contributed by atoms with Crippen molar-refractivity contribution in [1.82, 2.24) is 9.97 Å². The van der Waals surface area contributed by atoms with Gasteiger partial charge in [0.15, 0.2) is 22.9 Å². The Kier molecular flexibility index (Phi) is 6.19. The van der Waals surface area contributed by atoms with E-state index in [1.54, 1.807) is 6.07 Å². The minimum absolute atomic E-state index is 0.0654. The highest BCUT2D eigenvalue weighted by Crippen LogP contribution is 2.41. The predicted octanol–water partition coefficient (Wildman–Crippen LogP) is 3.28. The molecule has 3 aromatic rings. The molecule has 166 valence electrons. The molecule has 0 aliphatic rings. The number of aromatic nitrogens is 2. The summed E-state index contributed by atoms with van der Waals surface area (Å²) in [6.45, 7) is 2.86. The van der Waals surface area contributed by atoms with Crippen molar-refractivity contribution in [2.75, 3.05) is 26.6 Å². The summed E-state index contributed by atoms with van der Waals surface area (Å²) >= 11 is 0. The first kappa shape index (κ1) is 22.4. The fraction of sp³-hybridized carbons (Fsp3) is 0.238. The van der Waals surface area contributed by atoms with Crippen LogP contribution in [0, 0.1) is 17.0 Å². The lowest BCUT2D eigenvalue weighted by atomic mass is 10.1. The van der Waals surface area contributed by atoms with Crippen molar-refractivity contribution in [3.63, 3.8) is 0 Å². The van der Waals surface area contributed by atoms with E-state index in [1.807, 2.05) is 0 Å². The zero-order chi connectivity index (χ0) is 23.6. The highest BCUT2D eigenvalue weighted by Gasteiger charge is 2.25. The number of nitro groups is 1. The first-order valence-corrected chi connectivity index (χ1v) is 9.29. The molecule has 0 unspecified atom stereocenters. The largest absolute Gasteiger partial charge is 0.493 e. The number of ether oxygens (including phenoxy) is 3. The second-order valence-corrected chi connectivity index (χ2v) is 6.70. The topological polar surface area (TPSA) is 143 Å². The minimum atomic E-state index is -0.732. The molecular weight excluding hydrogens is 420 g/mol. The van der Waals surface area contributed by atoms with Crippen LogP contribution in [-0.2, 0) is 9.53 Å². The van der Waals surface area contributed by atoms with Gasteiger partial charge in [-0.3, -0.25) is 14.9 Å². The Balaban J connectivity index is 2.36. The van der Waals surface area contributed by atoms with E-state index in [1.165, 1.54) is 53.4 Å². The van der Waals surface area contributed by atoms with Crippen LogP contribution < -0.4 is 14.8 Å². The van der Waals surface area contributed by atoms with Crippen LogP contribution in [-0.4, -0.2) is 48.1 Å². The number of nitrogens with one attached hydrogen (secondary N) is 1. The third kappa shape index (κ3) is 4.00. The van der Waals surface area contributed by atoms with Crippen LogP contribution in [0.5, 0.6) is 11.5 Å². The van der Waals surface area contributed by atoms with E-state index < -0.39 is 10.9 Å². The smallest absolute Gasteiger partial charge is 0.356 e. The Morgan fingerprint density at radius 1 is 1.09 bits per heavy atom. The summed E-state index contributed by atoms with van der Waals surface area (Å²) < 4.78 is 15.5. The number of pyridine rings is 2. The number of hydrogen-bond acceptors (Lipinski definition) is 9. The number of hydrogen-bond donors (Lipinski definition) is 1. The van der Waals surface area contributed by atoms with Crippen molar-refractivity contribution < 1.29 is 28.7 Å². The van der Waals surface area contributed by atoms with E-state index in [4.69, 9.17) is 14.2 Å². The number of carbonyl (C=O) groups excluding carboxylic acids is 2. The number of methoxy groups -OCH3 is 3. The van der Waals surface area contributed by atoms with Crippen LogP contribution >= 0.6 is 0 Å². The van der Waals surface area contributed by atoms with Gasteiger partial charge >= 0.3 is 5.97 Å². The van der Waals surface area contributed by atoms with Gasteiger partial charge in [-0.15, -0.1) is 0 Å². The summed E-state index contributed by atoms with van der Waals surface area (Å²) in [6.07, 6.45) is 0. The van der Waals surface area contributed by atoms with Gasteiger partial charge in [0.25, 0.3) is 5.69 Å². The van der Waals surface area contributed by atoms with Gasteiger partial charge in [0.05, 0.1) is 43.2 Å². The number of nitrogens with zero attached hydrogens (tertiary/aromatic N) is 3. The van der Waals surface area contributed by atoms with E-state index >= 15 is 0 Å². The van der Waals surface area contributed by atoms with Crippen LogP contribution in [0.3, 0.4) is 0 Å². The monoisotopic (exact) mass is 440 g/mol. The maximum atomic E-state index is 12.1. The van der Waals surface area contributed by atoms with E-state index in [0.29, 0.717) is 33.7 Å². The van der Waals surface area contributed by atoms with Gasteiger partial charge in [-0.2, -0.15) is 0 Å². The lowest BCUT2D eigenvalue weighted by molar-refractivity contribution is -0.384. The molecule has 1 amide bonds. The molecule has 0 bridgehead atoms. The fourth-order valence-corrected chi connectivity index (χ4v) is 3.25. The van der Waals surface area contributed by atoms with E-state index in [0.717, 1.165) is 0 Å². The molecule has 0 radical (unpaired) electrons. The van der Waals surface area contributed by atoms with E-state index in [2.05, 4.69) is 15.3 Å². The minimum Gasteiger partial charge on any atom is -0.493 e. The van der Waals surface area contributed by atoms with E-state index in [9.17, 15) is 19.7 Å². The summed E-state index contributed by atoms with van der Waals surface area (Å²) in [7, 11) is 4.10. The van der Waals surface area contributed by atoms with Gasteiger partial charge < -0.3 is 19.5 Å². The second-order valence-electron chi connectivity index (χ2n) is 6.70. The molecule has 3 rings (SSSR count). The van der Waals surface area contributed by atoms with Crippen molar-refractivity contribution in [3.8, 4) is 22.9 Å². The molecule has 1 N–H and O–H groups in total. The van der Waals surface area contributed by atoms with Gasteiger partial charge in [-0.05, 0) is 24.6 Å². The predicted molar refractivity (Wildman–Crippen MR) is 115 cm³/mol. The molecular formula is C21H20N4O7. The van der Waals surface area contributed by atoms with Crippen molar-refractivity contribution in [2.45, 2.75) is 13.8 Å². The Labute approximate surface area is 182 Å². The Morgan fingerprint density at radius 3 is 2.38 bits per heavy atom. The first-order valence-electron chi connectivity index (χ1n) is 9.29. The average Bonchev–Trinajstić information content (AvgIpc) is 2.77. The molecule has 2 heterocycles. The molecule has 0 atom stereocenters. The number of aryl methyl sites for hydroxylation is 1. The van der Waals surface area contributed by atoms with E-state index in [-0.39, 0.29) is 28.7 Å². The normalized spacial score (nSPS) is 10.5. The van der Waals surface area contributed by atoms with Crippen molar-refractivity contribution >= 4 is 34.2 Å². The Hall–Kier alpha value is -4.28. The van der Waals surface area contributed by atoms with Crippen molar-refractivity contribution in [2.24, 2.45) is 0 Å². The number of benzene rings is 1. The van der Waals surface area contributed by atoms with Crippen LogP contribution in [0.1, 0.15) is 23.0 Å². The Bertz CT molecular complexity index is 1260. The third-order valence-electron chi connectivity index (χ3n) is 4.64. The second kappa shape index (κ2) is 8.84. The van der Waals surface area contributed by atoms with Crippen molar-refractivity contribution in [1.29, 1.82) is 0 Å². The lowest BCUT2D eigenvalue weighted by Crippen LogP contribution is -2.10. The highest BCUT2D eigenvalue weighted by atomic mass is 16.6. The molecule has 2 aromatic heterocycles. The summed E-state index contributed by atoms with van der Waals surface area (Å²) in [5.41, 5.74) is 0.507. The molecule has 32 heavy (non-hydrogen) atoms. The molecule has 11 nitrogen and oxygen atoms in total. The zero-order valence-corrected chi connectivity index (χ0v) is 18.0. The maximum Gasteiger partial charge on any atom is 0.356 e. The number of amides is 1. The number of fused-ring (bicyclic) bond motifs is 1. The highest BCUT2D eigenvalue weighted by molar-refractivity contribution is 6.04. The molecule has 0 saturated carbocycles. The Morgan fingerprint density at radius 2 is 1.81 bits per heavy atom. The van der Waals surface area contributed by atoms with Gasteiger partial charge in [0.2, 0.25) is 5.91 Å². The summed E-state index contributed by atoms with van der Waals surface area (Å²) in [5, 5.41) is 14.9. The standard InChI is InChI=1S/C21H20N4O7/c1-10-8-15(25(28)29)19(24-17(10)21(27)32-5)13-7-6-12-18(23-13)14(22-11(2)26)9-16(30-3)20(12)31-4/h6-9H,1-5H3,(H,22,26). The maximum absolute atomic E-state index is 12.1. The number of carbonyl (C=O) groups is 2. The van der Waals surface area contributed by atoms with Crippen LogP contribution in [0.15, 0.2) is 24.3 Å². The summed E-state index contributed by atoms with van der Waals surface area (Å²) in [6, 6.07) is 5.90. The fourth-order valence-electron chi connectivity index (χ4n) is 3.25. The molecule has 0 saturated heterocycles. The third-order valence-corrected chi connectivity index (χ3v) is 4.64. The number of anilines is 1. The van der Waals surface area contributed by atoms with Gasteiger partial charge in [0.1, 0.15) is 0 Å². The molecule has 0 aliphatic heterocycles. The zero-order valence-electron chi connectivity index (χ0n) is 18.0. The molecule has 0 aliphatic carbocycles. The summed E-state index contributed by atoms with van der Waals surface area (Å²) in [4.78, 5) is 43.6. The van der Waals surface area contributed by atoms with Crippen molar-refractivity contribution in [3.05, 3.63) is 45.6 Å². The van der Waals surface area contributed by atoms with Gasteiger partial charge in [-0.25, -0.2) is 14.8 Å². The molecule has 0 spiro atoms. The molecule has 1 aromatic carbocycles. The van der Waals surface area contributed by atoms with Gasteiger partial charge in [0, 0.05) is 24.4 Å². The van der Waals surface area contributed by atoms with Crippen LogP contribution in [0.25, 0.3) is 22.3 Å². The number of rotatable bonds is 6.